The third-order valence-corrected chi connectivity index (χ3v) is 2.88. The highest BCUT2D eigenvalue weighted by molar-refractivity contribution is 5.94. The molecule has 0 saturated heterocycles. The number of carbonyl (C=O) groups is 2. The Morgan fingerprint density at radius 1 is 0.950 bits per heavy atom. The highest BCUT2D eigenvalue weighted by Gasteiger charge is 2.09. The van der Waals surface area contributed by atoms with E-state index in [0.29, 0.717) is 16.8 Å². The number of methoxy groups -OCH3 is 1. The van der Waals surface area contributed by atoms with Crippen LogP contribution in [0, 0.1) is 0 Å². The average Bonchev–Trinajstić information content (AvgIpc) is 2.45. The highest BCUT2D eigenvalue weighted by atomic mass is 16.5. The number of hydrogen-bond acceptors (Lipinski definition) is 4. The molecule has 0 aliphatic carbocycles. The van der Waals surface area contributed by atoms with Gasteiger partial charge in [0.05, 0.1) is 12.7 Å². The number of nitrogens with two attached hydrogens (primary N) is 2. The van der Waals surface area contributed by atoms with E-state index in [1.807, 2.05) is 0 Å². The monoisotopic (exact) mass is 270 g/mol. The van der Waals surface area contributed by atoms with E-state index >= 15 is 0 Å². The van der Waals surface area contributed by atoms with Crippen molar-refractivity contribution in [1.29, 1.82) is 0 Å². The van der Waals surface area contributed by atoms with Crippen LogP contribution in [0.15, 0.2) is 42.5 Å². The fourth-order valence-electron chi connectivity index (χ4n) is 1.88. The van der Waals surface area contributed by atoms with Crippen molar-refractivity contribution in [2.45, 2.75) is 0 Å². The third kappa shape index (κ3) is 2.77. The fourth-order valence-corrected chi connectivity index (χ4v) is 1.88. The van der Waals surface area contributed by atoms with Gasteiger partial charge in [0.15, 0.2) is 0 Å². The molecule has 20 heavy (non-hydrogen) atoms. The van der Waals surface area contributed by atoms with Gasteiger partial charge in [-0.15, -0.1) is 0 Å². The lowest BCUT2D eigenvalue weighted by atomic mass is 10.0. The van der Waals surface area contributed by atoms with Gasteiger partial charge in [-0.1, -0.05) is 12.1 Å². The smallest absolute Gasteiger partial charge is 0.337 e. The molecule has 1 amide bonds. The Kier molecular flexibility index (Phi) is 3.70. The molecule has 4 N–H and O–H groups in total. The molecule has 0 bridgehead atoms. The van der Waals surface area contributed by atoms with E-state index in [1.54, 1.807) is 42.5 Å². The molecule has 0 aliphatic heterocycles. The van der Waals surface area contributed by atoms with Gasteiger partial charge in [0, 0.05) is 11.3 Å². The number of primary amides is 1. The number of benzene rings is 2. The summed E-state index contributed by atoms with van der Waals surface area (Å²) in [6, 6.07) is 11.7. The van der Waals surface area contributed by atoms with Gasteiger partial charge in [0.2, 0.25) is 5.91 Å². The number of esters is 1. The molecule has 0 atom stereocenters. The largest absolute Gasteiger partial charge is 0.465 e. The second kappa shape index (κ2) is 5.44. The molecule has 2 aromatic rings. The van der Waals surface area contributed by atoms with Crippen LogP contribution in [0.1, 0.15) is 20.7 Å². The predicted molar refractivity (Wildman–Crippen MR) is 76.1 cm³/mol. The zero-order chi connectivity index (χ0) is 14.7. The lowest BCUT2D eigenvalue weighted by molar-refractivity contribution is 0.0600. The molecular formula is C15H14N2O3. The predicted octanol–water partition coefficient (Wildman–Crippen LogP) is 1.82. The van der Waals surface area contributed by atoms with Crippen molar-refractivity contribution in [3.63, 3.8) is 0 Å². The maximum absolute atomic E-state index is 11.6. The van der Waals surface area contributed by atoms with Crippen LogP contribution in [0.4, 0.5) is 5.69 Å². The quantitative estimate of drug-likeness (QED) is 0.657. The topological polar surface area (TPSA) is 95.4 Å². The summed E-state index contributed by atoms with van der Waals surface area (Å²) in [5.41, 5.74) is 13.8. The van der Waals surface area contributed by atoms with Crippen LogP contribution >= 0.6 is 0 Å². The van der Waals surface area contributed by atoms with Gasteiger partial charge in [0.25, 0.3) is 0 Å². The minimum Gasteiger partial charge on any atom is -0.465 e. The number of ether oxygens (including phenoxy) is 1. The molecule has 0 fully saturated rings. The van der Waals surface area contributed by atoms with Crippen LogP contribution in [0.25, 0.3) is 11.1 Å². The number of carbonyl (C=O) groups excluding carboxylic acids is 2. The summed E-state index contributed by atoms with van der Waals surface area (Å²) < 4.78 is 4.68. The third-order valence-electron chi connectivity index (χ3n) is 2.88. The minimum absolute atomic E-state index is 0.376. The number of anilines is 1. The summed E-state index contributed by atoms with van der Waals surface area (Å²) in [4.78, 5) is 22.6. The van der Waals surface area contributed by atoms with Crippen LogP contribution in [0.2, 0.25) is 0 Å². The number of hydrogen-bond donors (Lipinski definition) is 2. The second-order valence-corrected chi connectivity index (χ2v) is 4.28. The SMILES string of the molecule is COC(=O)c1cc(N)cc(-c2ccc(C(N)=O)cc2)c1. The standard InChI is InChI=1S/C15H14N2O3/c1-20-15(19)12-6-11(7-13(16)8-12)9-2-4-10(5-3-9)14(17)18/h2-8H,16H2,1H3,(H2,17,18). The lowest BCUT2D eigenvalue weighted by Crippen LogP contribution is -2.10. The van der Waals surface area contributed by atoms with E-state index in [9.17, 15) is 9.59 Å². The van der Waals surface area contributed by atoms with Crippen molar-refractivity contribution in [3.05, 3.63) is 53.6 Å². The number of nitrogen functional groups attached to an aromatic ring is 1. The molecule has 5 nitrogen and oxygen atoms in total. The molecule has 2 aromatic carbocycles. The normalized spacial score (nSPS) is 10.1. The van der Waals surface area contributed by atoms with Crippen molar-refractivity contribution < 1.29 is 14.3 Å². The van der Waals surface area contributed by atoms with Crippen molar-refractivity contribution >= 4 is 17.6 Å². The molecule has 2 rings (SSSR count). The van der Waals surface area contributed by atoms with E-state index in [0.717, 1.165) is 11.1 Å². The fraction of sp³-hybridized carbons (Fsp3) is 0.0667. The average molecular weight is 270 g/mol. The van der Waals surface area contributed by atoms with Gasteiger partial charge < -0.3 is 16.2 Å². The summed E-state index contributed by atoms with van der Waals surface area (Å²) in [7, 11) is 1.31. The molecule has 0 saturated carbocycles. The van der Waals surface area contributed by atoms with Gasteiger partial charge in [-0.2, -0.15) is 0 Å². The van der Waals surface area contributed by atoms with Crippen LogP contribution in [0.3, 0.4) is 0 Å². The van der Waals surface area contributed by atoms with Crippen molar-refractivity contribution in [2.24, 2.45) is 5.73 Å². The Morgan fingerprint density at radius 2 is 1.60 bits per heavy atom. The summed E-state index contributed by atoms with van der Waals surface area (Å²) >= 11 is 0. The van der Waals surface area contributed by atoms with Crippen LogP contribution in [-0.4, -0.2) is 19.0 Å². The Balaban J connectivity index is 2.44. The molecule has 0 aromatic heterocycles. The van der Waals surface area contributed by atoms with Crippen molar-refractivity contribution in [2.75, 3.05) is 12.8 Å². The first-order valence-corrected chi connectivity index (χ1v) is 5.90. The van der Waals surface area contributed by atoms with E-state index < -0.39 is 11.9 Å². The molecular weight excluding hydrogens is 256 g/mol. The van der Waals surface area contributed by atoms with Crippen molar-refractivity contribution in [1.82, 2.24) is 0 Å². The first-order valence-electron chi connectivity index (χ1n) is 5.90. The van der Waals surface area contributed by atoms with E-state index in [2.05, 4.69) is 4.74 Å². The number of amides is 1. The molecule has 0 spiro atoms. The Morgan fingerprint density at radius 3 is 2.15 bits per heavy atom. The molecule has 0 radical (unpaired) electrons. The van der Waals surface area contributed by atoms with E-state index in [-0.39, 0.29) is 0 Å². The zero-order valence-electron chi connectivity index (χ0n) is 10.9. The minimum atomic E-state index is -0.487. The highest BCUT2D eigenvalue weighted by Crippen LogP contribution is 2.24. The van der Waals surface area contributed by atoms with E-state index in [4.69, 9.17) is 11.5 Å². The summed E-state index contributed by atoms with van der Waals surface area (Å²) in [6.07, 6.45) is 0. The maximum atomic E-state index is 11.6. The van der Waals surface area contributed by atoms with Gasteiger partial charge in [-0.25, -0.2) is 4.79 Å². The number of rotatable bonds is 3. The Hall–Kier alpha value is -2.82. The lowest BCUT2D eigenvalue weighted by Gasteiger charge is -2.07. The van der Waals surface area contributed by atoms with Crippen LogP contribution in [-0.2, 0) is 4.74 Å². The zero-order valence-corrected chi connectivity index (χ0v) is 10.9. The molecule has 5 heteroatoms. The molecule has 0 aliphatic rings. The summed E-state index contributed by atoms with van der Waals surface area (Å²) in [5.74, 6) is -0.938. The van der Waals surface area contributed by atoms with Gasteiger partial charge in [-0.05, 0) is 41.5 Å². The van der Waals surface area contributed by atoms with Crippen LogP contribution < -0.4 is 11.5 Å². The first kappa shape index (κ1) is 13.6. The molecule has 0 heterocycles. The molecule has 0 unspecified atom stereocenters. The second-order valence-electron chi connectivity index (χ2n) is 4.28. The first-order chi connectivity index (χ1) is 9.51. The maximum Gasteiger partial charge on any atom is 0.337 e. The van der Waals surface area contributed by atoms with Gasteiger partial charge >= 0.3 is 5.97 Å². The van der Waals surface area contributed by atoms with E-state index in [1.165, 1.54) is 7.11 Å². The summed E-state index contributed by atoms with van der Waals surface area (Å²) in [6.45, 7) is 0. The Bertz CT molecular complexity index is 663. The van der Waals surface area contributed by atoms with Gasteiger partial charge in [-0.3, -0.25) is 4.79 Å². The van der Waals surface area contributed by atoms with Crippen LogP contribution in [0.5, 0.6) is 0 Å². The van der Waals surface area contributed by atoms with Crippen molar-refractivity contribution in [3.8, 4) is 11.1 Å². The Labute approximate surface area is 116 Å². The molecule has 102 valence electrons. The van der Waals surface area contributed by atoms with Gasteiger partial charge in [0.1, 0.15) is 0 Å². The summed E-state index contributed by atoms with van der Waals surface area (Å²) in [5, 5.41) is 0.